The zero-order valence-corrected chi connectivity index (χ0v) is 25.2. The predicted molar refractivity (Wildman–Crippen MR) is 161 cm³/mol. The van der Waals surface area contributed by atoms with Crippen LogP contribution in [0.3, 0.4) is 0 Å². The number of benzene rings is 1. The van der Waals surface area contributed by atoms with Gasteiger partial charge in [0.15, 0.2) is 0 Å². The van der Waals surface area contributed by atoms with Gasteiger partial charge in [-0.05, 0) is 59.0 Å². The number of halogens is 4. The Morgan fingerprint density at radius 1 is 1.00 bits per heavy atom. The summed E-state index contributed by atoms with van der Waals surface area (Å²) < 4.78 is 62.9. The Morgan fingerprint density at radius 3 is 2.25 bits per heavy atom. The number of rotatable bonds is 5. The number of nitrogens with zero attached hydrogens (tertiary/aromatic N) is 4. The van der Waals surface area contributed by atoms with Crippen molar-refractivity contribution in [2.45, 2.75) is 58.2 Å². The highest BCUT2D eigenvalue weighted by molar-refractivity contribution is 6.07. The Kier molecular flexibility index (Phi) is 8.72. The van der Waals surface area contributed by atoms with Crippen LogP contribution in [0.5, 0.6) is 0 Å². The number of likely N-dealkylation sites (N-methyl/N-ethyl adjacent to an activating group) is 1. The van der Waals surface area contributed by atoms with Crippen molar-refractivity contribution in [2.24, 2.45) is 0 Å². The van der Waals surface area contributed by atoms with E-state index in [2.05, 4.69) is 25.1 Å². The molecule has 13 heteroatoms. The molecule has 1 unspecified atom stereocenters. The fraction of sp³-hybridized carbons (Fsp3) is 0.452. The van der Waals surface area contributed by atoms with Crippen LogP contribution in [0.1, 0.15) is 43.6 Å². The first-order valence-electron chi connectivity index (χ1n) is 14.5. The summed E-state index contributed by atoms with van der Waals surface area (Å²) in [5.74, 6) is -0.952. The van der Waals surface area contributed by atoms with Crippen LogP contribution < -0.4 is 20.7 Å². The van der Waals surface area contributed by atoms with Crippen molar-refractivity contribution in [3.05, 3.63) is 70.0 Å². The van der Waals surface area contributed by atoms with Gasteiger partial charge in [-0.1, -0.05) is 0 Å². The number of alkyl halides is 3. The van der Waals surface area contributed by atoms with E-state index in [0.717, 1.165) is 6.20 Å². The van der Waals surface area contributed by atoms with Gasteiger partial charge in [0.1, 0.15) is 11.6 Å². The Labute approximate surface area is 252 Å². The third kappa shape index (κ3) is 6.58. The SMILES string of the molecule is CC1CN(c2cc(F)c(-c3ccc(N4C[C@@H](C)O[C@@H](C)C4)nc3)cc2NC(=O)c2c[nH]c(=O)cc2C(F)(F)F)C[C@H](C)N1C. The lowest BCUT2D eigenvalue weighted by Crippen LogP contribution is -2.55. The Hall–Kier alpha value is -3.97. The number of hydrogen-bond acceptors (Lipinski definition) is 7. The van der Waals surface area contributed by atoms with E-state index in [-0.39, 0.29) is 35.5 Å². The molecule has 0 aliphatic carbocycles. The van der Waals surface area contributed by atoms with Crippen LogP contribution in [0.2, 0.25) is 0 Å². The highest BCUT2D eigenvalue weighted by Gasteiger charge is 2.36. The highest BCUT2D eigenvalue weighted by Crippen LogP contribution is 2.37. The maximum atomic E-state index is 15.8. The fourth-order valence-electron chi connectivity index (χ4n) is 5.93. The van der Waals surface area contributed by atoms with Crippen molar-refractivity contribution in [3.63, 3.8) is 0 Å². The van der Waals surface area contributed by atoms with Crippen LogP contribution in [0.4, 0.5) is 34.8 Å². The minimum Gasteiger partial charge on any atom is -0.372 e. The van der Waals surface area contributed by atoms with E-state index in [0.29, 0.717) is 49.3 Å². The Morgan fingerprint density at radius 2 is 1.66 bits per heavy atom. The average Bonchev–Trinajstić information content (AvgIpc) is 2.95. The molecule has 5 rings (SSSR count). The molecule has 1 aromatic carbocycles. The molecule has 0 radical (unpaired) electrons. The summed E-state index contributed by atoms with van der Waals surface area (Å²) in [4.78, 5) is 37.9. The number of carbonyl (C=O) groups excluding carboxylic acids is 1. The normalized spacial score (nSPS) is 23.1. The van der Waals surface area contributed by atoms with Crippen LogP contribution in [0.25, 0.3) is 11.1 Å². The number of piperazine rings is 1. The zero-order valence-electron chi connectivity index (χ0n) is 25.2. The van der Waals surface area contributed by atoms with E-state index in [4.69, 9.17) is 4.74 Å². The number of H-pyrrole nitrogens is 1. The molecule has 4 atom stereocenters. The second-order valence-corrected chi connectivity index (χ2v) is 11.8. The number of aromatic nitrogens is 2. The smallest absolute Gasteiger partial charge is 0.372 e. The molecule has 2 aromatic heterocycles. The Bertz CT molecular complexity index is 1560. The summed E-state index contributed by atoms with van der Waals surface area (Å²) in [6.07, 6.45) is -2.62. The minimum atomic E-state index is -4.94. The lowest BCUT2D eigenvalue weighted by atomic mass is 10.0. The van der Waals surface area contributed by atoms with Gasteiger partial charge in [-0.2, -0.15) is 13.2 Å². The summed E-state index contributed by atoms with van der Waals surface area (Å²) in [5, 5.41) is 2.58. The van der Waals surface area contributed by atoms with Gasteiger partial charge in [0.05, 0.1) is 34.7 Å². The maximum absolute atomic E-state index is 15.8. The number of pyridine rings is 2. The topological polar surface area (TPSA) is 93.8 Å². The van der Waals surface area contributed by atoms with Gasteiger partial charge in [0.25, 0.3) is 5.91 Å². The third-order valence-electron chi connectivity index (χ3n) is 8.31. The number of carbonyl (C=O) groups is 1. The van der Waals surface area contributed by atoms with Crippen molar-refractivity contribution in [1.29, 1.82) is 0 Å². The lowest BCUT2D eigenvalue weighted by molar-refractivity contribution is -0.138. The molecule has 2 saturated heterocycles. The maximum Gasteiger partial charge on any atom is 0.417 e. The van der Waals surface area contributed by atoms with Gasteiger partial charge in [-0.3, -0.25) is 14.5 Å². The first-order chi connectivity index (χ1) is 20.7. The molecule has 44 heavy (non-hydrogen) atoms. The van der Waals surface area contributed by atoms with Gasteiger partial charge >= 0.3 is 6.18 Å². The highest BCUT2D eigenvalue weighted by atomic mass is 19.4. The molecule has 2 aliphatic heterocycles. The van der Waals surface area contributed by atoms with E-state index in [1.807, 2.05) is 39.6 Å². The van der Waals surface area contributed by atoms with E-state index in [9.17, 15) is 22.8 Å². The van der Waals surface area contributed by atoms with Gasteiger partial charge in [0.2, 0.25) is 5.56 Å². The molecular weight excluding hydrogens is 580 g/mol. The monoisotopic (exact) mass is 616 g/mol. The van der Waals surface area contributed by atoms with E-state index < -0.39 is 34.6 Å². The molecule has 0 saturated carbocycles. The molecule has 2 fully saturated rings. The minimum absolute atomic E-state index is 0.0247. The van der Waals surface area contributed by atoms with E-state index in [1.165, 1.54) is 18.3 Å². The molecule has 0 bridgehead atoms. The van der Waals surface area contributed by atoms with E-state index in [1.54, 1.807) is 12.1 Å². The lowest BCUT2D eigenvalue weighted by Gasteiger charge is -2.44. The van der Waals surface area contributed by atoms with Crippen LogP contribution in [-0.4, -0.2) is 78.3 Å². The van der Waals surface area contributed by atoms with Crippen molar-refractivity contribution >= 4 is 23.1 Å². The van der Waals surface area contributed by atoms with Crippen molar-refractivity contribution in [1.82, 2.24) is 14.9 Å². The number of ether oxygens (including phenoxy) is 1. The molecule has 236 valence electrons. The molecule has 1 amide bonds. The van der Waals surface area contributed by atoms with Crippen LogP contribution >= 0.6 is 0 Å². The second kappa shape index (κ2) is 12.2. The molecule has 4 heterocycles. The summed E-state index contributed by atoms with van der Waals surface area (Å²) >= 11 is 0. The van der Waals surface area contributed by atoms with Gasteiger partial charge in [0, 0.05) is 67.8 Å². The summed E-state index contributed by atoms with van der Waals surface area (Å²) in [6.45, 7) is 10.3. The number of aromatic amines is 1. The number of morpholine rings is 1. The Balaban J connectivity index is 1.54. The average molecular weight is 617 g/mol. The predicted octanol–water partition coefficient (Wildman–Crippen LogP) is 4.99. The zero-order chi connectivity index (χ0) is 31.9. The largest absolute Gasteiger partial charge is 0.417 e. The van der Waals surface area contributed by atoms with Crippen molar-refractivity contribution < 1.29 is 27.1 Å². The van der Waals surface area contributed by atoms with Crippen LogP contribution in [0.15, 0.2) is 47.5 Å². The summed E-state index contributed by atoms with van der Waals surface area (Å²) in [7, 11) is 1.99. The molecule has 3 aromatic rings. The third-order valence-corrected chi connectivity index (χ3v) is 8.31. The quantitative estimate of drug-likeness (QED) is 0.391. The molecule has 9 nitrogen and oxygen atoms in total. The first-order valence-corrected chi connectivity index (χ1v) is 14.5. The number of anilines is 3. The molecule has 0 spiro atoms. The van der Waals surface area contributed by atoms with E-state index >= 15 is 4.39 Å². The number of amides is 1. The van der Waals surface area contributed by atoms with Gasteiger partial charge in [-0.25, -0.2) is 9.37 Å². The standard InChI is InChI=1S/C31H36F4N6O3/c1-17-13-40(14-18(2)39(17)5)27-10-25(32)22(21-6-7-28(36-11-21)41-15-19(3)44-20(4)16-41)8-26(27)38-30(43)23-12-37-29(42)9-24(23)31(33,34)35/h6-12,17-20H,13-16H2,1-5H3,(H,37,42)(H,38,43)/t17-,18?,19-,20+/m0/s1. The van der Waals surface area contributed by atoms with Crippen LogP contribution in [0, 0.1) is 5.82 Å². The molecule has 2 N–H and O–H groups in total. The first kappa shape index (κ1) is 31.5. The van der Waals surface area contributed by atoms with Crippen molar-refractivity contribution in [3.8, 4) is 11.1 Å². The van der Waals surface area contributed by atoms with Gasteiger partial charge < -0.3 is 24.8 Å². The molecule has 2 aliphatic rings. The summed E-state index contributed by atoms with van der Waals surface area (Å²) in [6, 6.07) is 6.74. The van der Waals surface area contributed by atoms with Gasteiger partial charge in [-0.15, -0.1) is 0 Å². The van der Waals surface area contributed by atoms with Crippen molar-refractivity contribution in [2.75, 3.05) is 48.3 Å². The number of nitrogens with one attached hydrogen (secondary N) is 2. The summed E-state index contributed by atoms with van der Waals surface area (Å²) in [5.41, 5.74) is -2.08. The fourth-order valence-corrected chi connectivity index (χ4v) is 5.93. The number of hydrogen-bond donors (Lipinski definition) is 2. The van der Waals surface area contributed by atoms with Crippen LogP contribution in [-0.2, 0) is 10.9 Å². The molecular formula is C31H36F4N6O3. The second-order valence-electron chi connectivity index (χ2n) is 11.8.